The molecule has 0 heterocycles. The third-order valence-electron chi connectivity index (χ3n) is 5.16. The molecule has 0 saturated heterocycles. The molecule has 0 aromatic heterocycles. The van der Waals surface area contributed by atoms with Crippen LogP contribution >= 0.6 is 0 Å². The third-order valence-corrected chi connectivity index (χ3v) is 5.16. The first-order valence-corrected chi connectivity index (χ1v) is 8.72. The summed E-state index contributed by atoms with van der Waals surface area (Å²) < 4.78 is 0. The Labute approximate surface area is 151 Å². The van der Waals surface area contributed by atoms with Gasteiger partial charge in [0.2, 0.25) is 5.78 Å². The lowest BCUT2D eigenvalue weighted by atomic mass is 9.79. The van der Waals surface area contributed by atoms with Gasteiger partial charge in [-0.2, -0.15) is 0 Å². The Bertz CT molecular complexity index is 1120. The second kappa shape index (κ2) is 5.57. The van der Waals surface area contributed by atoms with E-state index in [0.717, 1.165) is 39.8 Å². The molecule has 0 atom stereocenters. The summed E-state index contributed by atoms with van der Waals surface area (Å²) in [6.45, 7) is 0. The predicted molar refractivity (Wildman–Crippen MR) is 104 cm³/mol. The fourth-order valence-corrected chi connectivity index (χ4v) is 3.86. The van der Waals surface area contributed by atoms with E-state index in [1.165, 1.54) is 0 Å². The molecule has 2 nitrogen and oxygen atoms in total. The van der Waals surface area contributed by atoms with E-state index in [1.807, 2.05) is 66.8 Å². The maximum absolute atomic E-state index is 13.0. The standard InChI is InChI=1S/C24H16O2/c25-23-21(19-13-11-15-7-3-1-5-9-17(15)19)24(26)22(23)20-14-12-16-8-4-2-6-10-18(16)20/h1-3,5-14,25H,4H2. The molecule has 5 aliphatic carbocycles. The highest BCUT2D eigenvalue weighted by Crippen LogP contribution is 2.46. The first-order valence-electron chi connectivity index (χ1n) is 8.72. The van der Waals surface area contributed by atoms with E-state index < -0.39 is 0 Å². The number of rotatable bonds is 1. The van der Waals surface area contributed by atoms with Crippen molar-refractivity contribution in [2.24, 2.45) is 0 Å². The Kier molecular flexibility index (Phi) is 3.19. The smallest absolute Gasteiger partial charge is 0.201 e. The van der Waals surface area contributed by atoms with Crippen LogP contribution in [0.4, 0.5) is 0 Å². The summed E-state index contributed by atoms with van der Waals surface area (Å²) in [7, 11) is 0. The van der Waals surface area contributed by atoms with E-state index in [9.17, 15) is 9.90 Å². The number of ketones is 1. The monoisotopic (exact) mass is 336 g/mol. The second-order valence-corrected chi connectivity index (χ2v) is 6.61. The molecule has 5 aliphatic rings. The number of hydrogen-bond acceptors (Lipinski definition) is 2. The number of Topliss-reactive ketones (excluding diaryl/α,β-unsaturated/α-hetero) is 1. The van der Waals surface area contributed by atoms with Crippen molar-refractivity contribution in [3.63, 3.8) is 0 Å². The number of carbonyl (C=O) groups is 1. The van der Waals surface area contributed by atoms with Gasteiger partial charge in [-0.1, -0.05) is 78.9 Å². The van der Waals surface area contributed by atoms with Crippen molar-refractivity contribution in [2.75, 3.05) is 0 Å². The van der Waals surface area contributed by atoms with Crippen LogP contribution in [0.2, 0.25) is 0 Å². The van der Waals surface area contributed by atoms with Gasteiger partial charge in [-0.15, -0.1) is 0 Å². The minimum absolute atomic E-state index is 0.0865. The SMILES string of the molecule is O=C1C(=C2C=CC3=CCC=CC=C32)C(O)=C1c1ccc2cccccc1-2. The molecule has 2 heteroatoms. The molecule has 0 unspecified atom stereocenters. The van der Waals surface area contributed by atoms with Crippen molar-refractivity contribution in [1.29, 1.82) is 0 Å². The molecule has 0 bridgehead atoms. The summed E-state index contributed by atoms with van der Waals surface area (Å²) >= 11 is 0. The van der Waals surface area contributed by atoms with Crippen molar-refractivity contribution < 1.29 is 9.90 Å². The van der Waals surface area contributed by atoms with Gasteiger partial charge in [0.05, 0.1) is 11.1 Å². The lowest BCUT2D eigenvalue weighted by Gasteiger charge is -2.24. The van der Waals surface area contributed by atoms with E-state index in [2.05, 4.69) is 12.2 Å². The Morgan fingerprint density at radius 3 is 2.65 bits per heavy atom. The van der Waals surface area contributed by atoms with Crippen LogP contribution in [0.25, 0.3) is 16.7 Å². The molecule has 0 aliphatic heterocycles. The highest BCUT2D eigenvalue weighted by Gasteiger charge is 2.39. The molecular weight excluding hydrogens is 320 g/mol. The largest absolute Gasteiger partial charge is 0.506 e. The van der Waals surface area contributed by atoms with E-state index in [4.69, 9.17) is 0 Å². The summed E-state index contributed by atoms with van der Waals surface area (Å²) in [4.78, 5) is 13.0. The first kappa shape index (κ1) is 14.9. The van der Waals surface area contributed by atoms with Crippen molar-refractivity contribution in [3.8, 4) is 11.1 Å². The maximum atomic E-state index is 13.0. The van der Waals surface area contributed by atoms with Crippen molar-refractivity contribution in [1.82, 2.24) is 0 Å². The van der Waals surface area contributed by atoms with Gasteiger partial charge >= 0.3 is 0 Å². The van der Waals surface area contributed by atoms with Crippen LogP contribution in [0.5, 0.6) is 0 Å². The number of aliphatic hydroxyl groups excluding tert-OH is 1. The maximum Gasteiger partial charge on any atom is 0.201 e. The zero-order chi connectivity index (χ0) is 17.7. The molecular formula is C24H16O2. The van der Waals surface area contributed by atoms with Crippen LogP contribution in [-0.4, -0.2) is 10.9 Å². The van der Waals surface area contributed by atoms with Crippen LogP contribution in [0.3, 0.4) is 0 Å². The zero-order valence-electron chi connectivity index (χ0n) is 14.1. The van der Waals surface area contributed by atoms with E-state index in [1.54, 1.807) is 0 Å². The molecule has 0 saturated carbocycles. The molecule has 26 heavy (non-hydrogen) atoms. The Balaban J connectivity index is 1.65. The van der Waals surface area contributed by atoms with E-state index in [-0.39, 0.29) is 11.5 Å². The molecule has 124 valence electrons. The van der Waals surface area contributed by atoms with Crippen LogP contribution in [-0.2, 0) is 4.79 Å². The summed E-state index contributed by atoms with van der Waals surface area (Å²) in [6.07, 6.45) is 13.0. The highest BCUT2D eigenvalue weighted by atomic mass is 16.3. The van der Waals surface area contributed by atoms with Gasteiger partial charge in [0.25, 0.3) is 0 Å². The minimum atomic E-state index is -0.0865. The van der Waals surface area contributed by atoms with Crippen molar-refractivity contribution in [2.45, 2.75) is 6.42 Å². The number of allylic oxidation sites excluding steroid dienone is 11. The van der Waals surface area contributed by atoms with Crippen LogP contribution in [0.15, 0.2) is 107 Å². The molecule has 0 aromatic carbocycles. The van der Waals surface area contributed by atoms with Crippen LogP contribution in [0, 0.1) is 0 Å². The summed E-state index contributed by atoms with van der Waals surface area (Å²) in [6, 6.07) is 13.8. The number of aliphatic hydroxyl groups is 1. The van der Waals surface area contributed by atoms with Gasteiger partial charge in [0.1, 0.15) is 5.76 Å². The highest BCUT2D eigenvalue weighted by molar-refractivity contribution is 6.40. The van der Waals surface area contributed by atoms with Crippen LogP contribution in [0.1, 0.15) is 12.0 Å². The minimum Gasteiger partial charge on any atom is -0.506 e. The second-order valence-electron chi connectivity index (χ2n) is 6.61. The van der Waals surface area contributed by atoms with E-state index >= 15 is 0 Å². The van der Waals surface area contributed by atoms with Crippen molar-refractivity contribution >= 4 is 11.4 Å². The van der Waals surface area contributed by atoms with Crippen LogP contribution < -0.4 is 0 Å². The predicted octanol–water partition coefficient (Wildman–Crippen LogP) is 5.32. The zero-order valence-corrected chi connectivity index (χ0v) is 14.1. The first-order chi connectivity index (χ1) is 12.8. The lowest BCUT2D eigenvalue weighted by molar-refractivity contribution is -0.111. The van der Waals surface area contributed by atoms with Gasteiger partial charge in [-0.3, -0.25) is 4.79 Å². The van der Waals surface area contributed by atoms with Gasteiger partial charge in [0.15, 0.2) is 0 Å². The Hall–Kier alpha value is -3.39. The molecule has 0 aromatic rings. The van der Waals surface area contributed by atoms with Gasteiger partial charge < -0.3 is 5.11 Å². The molecule has 0 spiro atoms. The molecule has 5 rings (SSSR count). The summed E-state index contributed by atoms with van der Waals surface area (Å²) in [5.74, 6) is 0.0144. The fourth-order valence-electron chi connectivity index (χ4n) is 3.86. The average Bonchev–Trinajstić information content (AvgIpc) is 3.01. The average molecular weight is 336 g/mol. The number of hydrogen-bond donors (Lipinski definition) is 1. The summed E-state index contributed by atoms with van der Waals surface area (Å²) in [5.41, 5.74) is 6.62. The van der Waals surface area contributed by atoms with Gasteiger partial charge in [-0.05, 0) is 39.8 Å². The topological polar surface area (TPSA) is 37.3 Å². The quantitative estimate of drug-likeness (QED) is 0.715. The summed E-state index contributed by atoms with van der Waals surface area (Å²) in [5, 5.41) is 10.8. The number of fused-ring (bicyclic) bond motifs is 2. The van der Waals surface area contributed by atoms with E-state index in [0.29, 0.717) is 11.1 Å². The third kappa shape index (κ3) is 2.02. The normalized spacial score (nSPS) is 21.5. The lowest BCUT2D eigenvalue weighted by Crippen LogP contribution is -2.22. The Morgan fingerprint density at radius 2 is 1.77 bits per heavy atom. The number of carbonyl (C=O) groups excluding carboxylic acids is 1. The van der Waals surface area contributed by atoms with Crippen molar-refractivity contribution in [3.05, 3.63) is 113 Å². The molecule has 0 fully saturated rings. The molecule has 0 radical (unpaired) electrons. The van der Waals surface area contributed by atoms with Gasteiger partial charge in [0, 0.05) is 0 Å². The fraction of sp³-hybridized carbons (Fsp3) is 0.0417. The Morgan fingerprint density at radius 1 is 0.885 bits per heavy atom. The van der Waals surface area contributed by atoms with Gasteiger partial charge in [-0.25, -0.2) is 0 Å². The molecule has 0 amide bonds. The molecule has 1 N–H and O–H groups in total.